The van der Waals surface area contributed by atoms with Gasteiger partial charge in [-0.05, 0) is 49.6 Å². The second-order valence-corrected chi connectivity index (χ2v) is 9.00. The van der Waals surface area contributed by atoms with Crippen LogP contribution in [0.25, 0.3) is 21.9 Å². The van der Waals surface area contributed by atoms with Gasteiger partial charge in [0.25, 0.3) is 5.56 Å². The van der Waals surface area contributed by atoms with Crippen molar-refractivity contribution in [2.24, 2.45) is 5.92 Å². The molecular formula is C24H28N6O2. The quantitative estimate of drug-likeness (QED) is 0.519. The lowest BCUT2D eigenvalue weighted by molar-refractivity contribution is 0.319. The van der Waals surface area contributed by atoms with Crippen molar-refractivity contribution in [1.29, 1.82) is 0 Å². The van der Waals surface area contributed by atoms with Crippen molar-refractivity contribution < 1.29 is 4.74 Å². The molecule has 0 aliphatic carbocycles. The molecule has 0 bridgehead atoms. The molecule has 1 fully saturated rings. The Labute approximate surface area is 186 Å². The molecule has 3 aromatic heterocycles. The van der Waals surface area contributed by atoms with Gasteiger partial charge >= 0.3 is 0 Å². The fourth-order valence-corrected chi connectivity index (χ4v) is 4.75. The van der Waals surface area contributed by atoms with E-state index < -0.39 is 0 Å². The van der Waals surface area contributed by atoms with E-state index >= 15 is 0 Å². The molecule has 1 N–H and O–H groups in total. The number of pyridine rings is 1. The molecule has 1 aliphatic heterocycles. The van der Waals surface area contributed by atoms with Crippen LogP contribution in [0.15, 0.2) is 41.5 Å². The number of aromatic nitrogens is 5. The van der Waals surface area contributed by atoms with E-state index in [4.69, 9.17) is 9.72 Å². The Bertz CT molecular complexity index is 1340. The number of benzene rings is 1. The van der Waals surface area contributed by atoms with E-state index in [0.717, 1.165) is 42.1 Å². The van der Waals surface area contributed by atoms with E-state index in [2.05, 4.69) is 39.0 Å². The van der Waals surface area contributed by atoms with Crippen LogP contribution in [0.3, 0.4) is 0 Å². The predicted molar refractivity (Wildman–Crippen MR) is 124 cm³/mol. The van der Waals surface area contributed by atoms with Crippen LogP contribution in [0.1, 0.15) is 44.1 Å². The first-order valence-electron chi connectivity index (χ1n) is 11.1. The van der Waals surface area contributed by atoms with Crippen LogP contribution in [0, 0.1) is 5.92 Å². The molecule has 0 saturated carbocycles. The smallest absolute Gasteiger partial charge is 0.262 e. The lowest BCUT2D eigenvalue weighted by Gasteiger charge is -2.17. The third-order valence-electron chi connectivity index (χ3n) is 6.44. The van der Waals surface area contributed by atoms with Gasteiger partial charge < -0.3 is 9.72 Å². The molecule has 32 heavy (non-hydrogen) atoms. The second kappa shape index (κ2) is 8.02. The maximum atomic E-state index is 12.7. The molecule has 4 heterocycles. The summed E-state index contributed by atoms with van der Waals surface area (Å²) in [6.07, 6.45) is 3.47. The van der Waals surface area contributed by atoms with Crippen molar-refractivity contribution in [3.05, 3.63) is 58.4 Å². The molecule has 1 aromatic carbocycles. The number of methoxy groups -OCH3 is 1. The number of fused-ring (bicyclic) bond motifs is 2. The Hall–Kier alpha value is -3.26. The number of ether oxygens (including phenoxy) is 1. The third kappa shape index (κ3) is 3.54. The fraction of sp³-hybridized carbons (Fsp3) is 0.417. The molecule has 8 heteroatoms. The van der Waals surface area contributed by atoms with Gasteiger partial charge in [0.15, 0.2) is 5.65 Å². The van der Waals surface area contributed by atoms with Crippen LogP contribution in [0.4, 0.5) is 0 Å². The zero-order chi connectivity index (χ0) is 22.4. The van der Waals surface area contributed by atoms with Gasteiger partial charge in [0, 0.05) is 43.2 Å². The molecule has 2 atom stereocenters. The van der Waals surface area contributed by atoms with Crippen LogP contribution in [0.5, 0.6) is 5.75 Å². The molecule has 1 aliphatic rings. The van der Waals surface area contributed by atoms with Crippen molar-refractivity contribution in [1.82, 2.24) is 29.6 Å². The third-order valence-corrected chi connectivity index (χ3v) is 6.44. The number of H-pyrrole nitrogens is 1. The van der Waals surface area contributed by atoms with E-state index in [0.29, 0.717) is 17.0 Å². The van der Waals surface area contributed by atoms with E-state index in [1.165, 1.54) is 5.56 Å². The molecule has 0 amide bonds. The van der Waals surface area contributed by atoms with Gasteiger partial charge in [-0.1, -0.05) is 6.92 Å². The number of likely N-dealkylation sites (tertiary alicyclic amines) is 1. The lowest BCUT2D eigenvalue weighted by atomic mass is 9.97. The number of hydrogen-bond acceptors (Lipinski definition) is 6. The summed E-state index contributed by atoms with van der Waals surface area (Å²) in [4.78, 5) is 27.5. The Morgan fingerprint density at radius 1 is 1.22 bits per heavy atom. The fourth-order valence-electron chi connectivity index (χ4n) is 4.75. The summed E-state index contributed by atoms with van der Waals surface area (Å²) >= 11 is 0. The minimum absolute atomic E-state index is 0.116. The normalized spacial score (nSPS) is 19.4. The van der Waals surface area contributed by atoms with Crippen molar-refractivity contribution >= 4 is 21.9 Å². The van der Waals surface area contributed by atoms with Gasteiger partial charge in [-0.3, -0.25) is 14.7 Å². The molecule has 166 valence electrons. The molecule has 0 radical (unpaired) electrons. The van der Waals surface area contributed by atoms with Crippen LogP contribution < -0.4 is 10.3 Å². The summed E-state index contributed by atoms with van der Waals surface area (Å²) < 4.78 is 7.24. The number of aromatic amines is 1. The number of rotatable bonds is 5. The van der Waals surface area contributed by atoms with Gasteiger partial charge in [0.2, 0.25) is 0 Å². The van der Waals surface area contributed by atoms with E-state index in [9.17, 15) is 4.79 Å². The van der Waals surface area contributed by atoms with E-state index in [-0.39, 0.29) is 17.5 Å². The molecule has 1 saturated heterocycles. The van der Waals surface area contributed by atoms with Crippen molar-refractivity contribution in [2.45, 2.75) is 39.3 Å². The number of nitrogens with zero attached hydrogens (tertiary/aromatic N) is 5. The van der Waals surface area contributed by atoms with Gasteiger partial charge in [0.1, 0.15) is 17.0 Å². The Kier molecular flexibility index (Phi) is 5.17. The summed E-state index contributed by atoms with van der Waals surface area (Å²) in [5.74, 6) is 2.11. The van der Waals surface area contributed by atoms with Crippen LogP contribution in [-0.4, -0.2) is 49.8 Å². The minimum Gasteiger partial charge on any atom is -0.497 e. The molecule has 8 nitrogen and oxygen atoms in total. The highest BCUT2D eigenvalue weighted by Gasteiger charge is 2.33. The second-order valence-electron chi connectivity index (χ2n) is 9.00. The Morgan fingerprint density at radius 3 is 2.84 bits per heavy atom. The van der Waals surface area contributed by atoms with Gasteiger partial charge in [-0.15, -0.1) is 0 Å². The molecule has 4 aromatic rings. The summed E-state index contributed by atoms with van der Waals surface area (Å²) in [7, 11) is 1.68. The van der Waals surface area contributed by atoms with Crippen LogP contribution in [-0.2, 0) is 6.54 Å². The highest BCUT2D eigenvalue weighted by atomic mass is 16.5. The van der Waals surface area contributed by atoms with Gasteiger partial charge in [0.05, 0.1) is 18.8 Å². The minimum atomic E-state index is -0.116. The van der Waals surface area contributed by atoms with Crippen LogP contribution >= 0.6 is 0 Å². The molecule has 0 unspecified atom stereocenters. The first-order valence-corrected chi connectivity index (χ1v) is 11.1. The van der Waals surface area contributed by atoms with Crippen molar-refractivity contribution in [3.8, 4) is 5.75 Å². The van der Waals surface area contributed by atoms with Gasteiger partial charge in [-0.2, -0.15) is 5.10 Å². The van der Waals surface area contributed by atoms with Crippen LogP contribution in [0.2, 0.25) is 0 Å². The topological polar surface area (TPSA) is 88.9 Å². The highest BCUT2D eigenvalue weighted by Crippen LogP contribution is 2.33. The zero-order valence-electron chi connectivity index (χ0n) is 18.9. The zero-order valence-corrected chi connectivity index (χ0v) is 18.9. The summed E-state index contributed by atoms with van der Waals surface area (Å²) in [5, 5.41) is 6.02. The standard InChI is InChI=1S/C24H28N6O2/c1-14(2)30-23-19(10-26-30)24(31)28-22(27-23)20-13-29(11-15(20)3)12-16-7-8-25-21-6-5-17(32-4)9-18(16)21/h5-10,14-15,20H,11-13H2,1-4H3,(H,27,28,31)/t15-,20-/m1/s1. The molecule has 5 rings (SSSR count). The first-order chi connectivity index (χ1) is 15.4. The first kappa shape index (κ1) is 20.6. The number of nitrogens with one attached hydrogen (secondary N) is 1. The summed E-state index contributed by atoms with van der Waals surface area (Å²) in [5.41, 5.74) is 2.73. The van der Waals surface area contributed by atoms with Crippen molar-refractivity contribution in [2.75, 3.05) is 20.2 Å². The SMILES string of the molecule is COc1ccc2nccc(CN3C[C@@H](C)[C@H](c4nc5c(cnn5C(C)C)c(=O)[nH]4)C3)c2c1. The average Bonchev–Trinajstić information content (AvgIpc) is 3.37. The maximum Gasteiger partial charge on any atom is 0.262 e. The predicted octanol–water partition coefficient (Wildman–Crippen LogP) is 3.49. The summed E-state index contributed by atoms with van der Waals surface area (Å²) in [6.45, 7) is 8.89. The Morgan fingerprint density at radius 2 is 2.06 bits per heavy atom. The molecule has 0 spiro atoms. The molecular weight excluding hydrogens is 404 g/mol. The highest BCUT2D eigenvalue weighted by molar-refractivity contribution is 5.83. The lowest BCUT2D eigenvalue weighted by Crippen LogP contribution is -2.22. The average molecular weight is 433 g/mol. The maximum absolute atomic E-state index is 12.7. The Balaban J connectivity index is 1.44. The van der Waals surface area contributed by atoms with E-state index in [1.807, 2.05) is 36.9 Å². The monoisotopic (exact) mass is 432 g/mol. The number of hydrogen-bond donors (Lipinski definition) is 1. The summed E-state index contributed by atoms with van der Waals surface area (Å²) in [6, 6.07) is 8.20. The van der Waals surface area contributed by atoms with Crippen molar-refractivity contribution in [3.63, 3.8) is 0 Å². The largest absolute Gasteiger partial charge is 0.497 e. The van der Waals surface area contributed by atoms with Gasteiger partial charge in [-0.25, -0.2) is 9.67 Å². The van der Waals surface area contributed by atoms with E-state index in [1.54, 1.807) is 13.3 Å².